The Morgan fingerprint density at radius 1 is 1.15 bits per heavy atom. The summed E-state index contributed by atoms with van der Waals surface area (Å²) in [6.45, 7) is 0.242. The Balaban J connectivity index is 1.89. The number of aldehydes is 1. The van der Waals surface area contributed by atoms with Gasteiger partial charge < -0.3 is 4.74 Å². The van der Waals surface area contributed by atoms with Crippen LogP contribution in [0.25, 0.3) is 10.1 Å². The van der Waals surface area contributed by atoms with Gasteiger partial charge in [0.2, 0.25) is 0 Å². The van der Waals surface area contributed by atoms with Crippen molar-refractivity contribution in [1.82, 2.24) is 0 Å². The van der Waals surface area contributed by atoms with Crippen LogP contribution in [0.4, 0.5) is 4.39 Å². The standard InChI is InChI=1S/C16H11FO2S/c17-14-6-3-4-11(8-18)16(14)19-9-12-10-20-15-7-2-1-5-13(12)15/h1-8,10H,9H2. The van der Waals surface area contributed by atoms with Crippen molar-refractivity contribution in [2.75, 3.05) is 0 Å². The van der Waals surface area contributed by atoms with Gasteiger partial charge in [0.05, 0.1) is 5.56 Å². The summed E-state index contributed by atoms with van der Waals surface area (Å²) in [5.41, 5.74) is 1.22. The van der Waals surface area contributed by atoms with E-state index in [1.165, 1.54) is 18.2 Å². The molecule has 0 amide bonds. The summed E-state index contributed by atoms with van der Waals surface area (Å²) < 4.78 is 20.4. The third-order valence-corrected chi connectivity index (χ3v) is 4.07. The number of thiophene rings is 1. The molecule has 2 aromatic carbocycles. The summed E-state index contributed by atoms with van der Waals surface area (Å²) in [4.78, 5) is 10.9. The predicted molar refractivity (Wildman–Crippen MR) is 77.9 cm³/mol. The van der Waals surface area contributed by atoms with Crippen LogP contribution in [0.1, 0.15) is 15.9 Å². The first-order valence-electron chi connectivity index (χ1n) is 6.11. The number of carbonyl (C=O) groups excluding carboxylic acids is 1. The fraction of sp³-hybridized carbons (Fsp3) is 0.0625. The van der Waals surface area contributed by atoms with Crippen LogP contribution in [0, 0.1) is 5.82 Å². The van der Waals surface area contributed by atoms with Crippen LogP contribution in [0.3, 0.4) is 0 Å². The molecule has 0 atom stereocenters. The van der Waals surface area contributed by atoms with Gasteiger partial charge >= 0.3 is 0 Å². The lowest BCUT2D eigenvalue weighted by Gasteiger charge is -2.08. The molecule has 0 radical (unpaired) electrons. The Labute approximate surface area is 119 Å². The van der Waals surface area contributed by atoms with Gasteiger partial charge in [-0.1, -0.05) is 24.3 Å². The van der Waals surface area contributed by atoms with Crippen LogP contribution in [0.2, 0.25) is 0 Å². The first kappa shape index (κ1) is 12.8. The zero-order chi connectivity index (χ0) is 13.9. The van der Waals surface area contributed by atoms with Gasteiger partial charge in [-0.25, -0.2) is 4.39 Å². The average Bonchev–Trinajstić information content (AvgIpc) is 2.89. The highest BCUT2D eigenvalue weighted by atomic mass is 32.1. The van der Waals surface area contributed by atoms with Gasteiger partial charge in [-0.3, -0.25) is 4.79 Å². The van der Waals surface area contributed by atoms with Crippen molar-refractivity contribution < 1.29 is 13.9 Å². The van der Waals surface area contributed by atoms with Crippen LogP contribution in [-0.2, 0) is 6.61 Å². The minimum atomic E-state index is -0.519. The van der Waals surface area contributed by atoms with Crippen molar-refractivity contribution in [2.24, 2.45) is 0 Å². The zero-order valence-corrected chi connectivity index (χ0v) is 11.3. The number of benzene rings is 2. The maximum Gasteiger partial charge on any atom is 0.165 e. The largest absolute Gasteiger partial charge is 0.485 e. The highest BCUT2D eigenvalue weighted by molar-refractivity contribution is 7.17. The van der Waals surface area contributed by atoms with Crippen LogP contribution in [-0.4, -0.2) is 6.29 Å². The Morgan fingerprint density at radius 2 is 2.00 bits per heavy atom. The second-order valence-corrected chi connectivity index (χ2v) is 5.23. The molecule has 0 spiro atoms. The minimum Gasteiger partial charge on any atom is -0.485 e. The second-order valence-electron chi connectivity index (χ2n) is 4.32. The molecular weight excluding hydrogens is 275 g/mol. The molecule has 0 fully saturated rings. The number of rotatable bonds is 4. The molecule has 0 saturated heterocycles. The Morgan fingerprint density at radius 3 is 2.85 bits per heavy atom. The summed E-state index contributed by atoms with van der Waals surface area (Å²) in [7, 11) is 0. The van der Waals surface area contributed by atoms with Gasteiger partial charge in [-0.2, -0.15) is 0 Å². The molecule has 0 unspecified atom stereocenters. The lowest BCUT2D eigenvalue weighted by atomic mass is 10.2. The molecule has 3 rings (SSSR count). The summed E-state index contributed by atoms with van der Waals surface area (Å²) >= 11 is 1.62. The number of halogens is 1. The number of carbonyl (C=O) groups is 1. The molecule has 1 heterocycles. The SMILES string of the molecule is O=Cc1cccc(F)c1OCc1csc2ccccc12. The van der Waals surface area contributed by atoms with Gasteiger partial charge in [0.1, 0.15) is 6.61 Å². The van der Waals surface area contributed by atoms with E-state index in [0.29, 0.717) is 6.29 Å². The Hall–Kier alpha value is -2.20. The first-order chi connectivity index (χ1) is 9.79. The molecule has 0 aliphatic rings. The van der Waals surface area contributed by atoms with E-state index >= 15 is 0 Å². The van der Waals surface area contributed by atoms with E-state index in [2.05, 4.69) is 0 Å². The van der Waals surface area contributed by atoms with E-state index in [4.69, 9.17) is 4.74 Å². The van der Waals surface area contributed by atoms with Crippen LogP contribution in [0.15, 0.2) is 47.8 Å². The van der Waals surface area contributed by atoms with Crippen molar-refractivity contribution in [3.63, 3.8) is 0 Å². The maximum absolute atomic E-state index is 13.7. The molecule has 20 heavy (non-hydrogen) atoms. The Bertz CT molecular complexity index is 764. The Kier molecular flexibility index (Phi) is 3.48. The highest BCUT2D eigenvalue weighted by Crippen LogP contribution is 2.28. The van der Waals surface area contributed by atoms with E-state index in [1.54, 1.807) is 11.3 Å². The van der Waals surface area contributed by atoms with E-state index in [-0.39, 0.29) is 17.9 Å². The molecule has 3 aromatic rings. The lowest BCUT2D eigenvalue weighted by molar-refractivity contribution is 0.111. The molecular formula is C16H11FO2S. The molecule has 0 aliphatic carbocycles. The quantitative estimate of drug-likeness (QED) is 0.663. The summed E-state index contributed by atoms with van der Waals surface area (Å²) in [6.07, 6.45) is 0.601. The topological polar surface area (TPSA) is 26.3 Å². The van der Waals surface area contributed by atoms with E-state index in [1.807, 2.05) is 29.6 Å². The number of fused-ring (bicyclic) bond motifs is 1. The van der Waals surface area contributed by atoms with Gasteiger partial charge in [0.25, 0.3) is 0 Å². The van der Waals surface area contributed by atoms with E-state index < -0.39 is 5.82 Å². The normalized spacial score (nSPS) is 10.7. The maximum atomic E-state index is 13.7. The molecule has 4 heteroatoms. The second kappa shape index (κ2) is 5.43. The summed E-state index contributed by atoms with van der Waals surface area (Å²) in [6, 6.07) is 12.3. The molecule has 100 valence electrons. The monoisotopic (exact) mass is 286 g/mol. The van der Waals surface area contributed by atoms with Crippen molar-refractivity contribution in [2.45, 2.75) is 6.61 Å². The van der Waals surface area contributed by atoms with Crippen molar-refractivity contribution >= 4 is 27.7 Å². The fourth-order valence-electron chi connectivity index (χ4n) is 2.07. The zero-order valence-electron chi connectivity index (χ0n) is 10.5. The van der Waals surface area contributed by atoms with Gasteiger partial charge in [-0.05, 0) is 29.0 Å². The minimum absolute atomic E-state index is 0.0118. The molecule has 0 saturated carbocycles. The molecule has 1 aromatic heterocycles. The molecule has 0 aliphatic heterocycles. The van der Waals surface area contributed by atoms with E-state index in [0.717, 1.165) is 15.6 Å². The van der Waals surface area contributed by atoms with E-state index in [9.17, 15) is 9.18 Å². The summed E-state index contributed by atoms with van der Waals surface area (Å²) in [5, 5.41) is 3.09. The summed E-state index contributed by atoms with van der Waals surface area (Å²) in [5.74, 6) is -0.507. The lowest BCUT2D eigenvalue weighted by Crippen LogP contribution is -2.00. The van der Waals surface area contributed by atoms with Gasteiger partial charge in [-0.15, -0.1) is 11.3 Å². The van der Waals surface area contributed by atoms with Crippen LogP contribution >= 0.6 is 11.3 Å². The van der Waals surface area contributed by atoms with Gasteiger partial charge in [0, 0.05) is 10.3 Å². The number of ether oxygens (including phenoxy) is 1. The van der Waals surface area contributed by atoms with Crippen LogP contribution in [0.5, 0.6) is 5.75 Å². The third kappa shape index (κ3) is 2.30. The van der Waals surface area contributed by atoms with Gasteiger partial charge in [0.15, 0.2) is 17.9 Å². The third-order valence-electron chi connectivity index (χ3n) is 3.06. The molecule has 2 nitrogen and oxygen atoms in total. The van der Waals surface area contributed by atoms with Crippen molar-refractivity contribution in [1.29, 1.82) is 0 Å². The van der Waals surface area contributed by atoms with Crippen molar-refractivity contribution in [3.8, 4) is 5.75 Å². The van der Waals surface area contributed by atoms with Crippen molar-refractivity contribution in [3.05, 3.63) is 64.8 Å². The predicted octanol–water partition coefficient (Wildman–Crippen LogP) is 4.43. The number of para-hydroxylation sites is 1. The number of hydrogen-bond donors (Lipinski definition) is 0. The molecule has 0 N–H and O–H groups in total. The van der Waals surface area contributed by atoms with Crippen LogP contribution < -0.4 is 4.74 Å². The molecule has 0 bridgehead atoms. The highest BCUT2D eigenvalue weighted by Gasteiger charge is 2.11. The number of hydrogen-bond acceptors (Lipinski definition) is 3. The first-order valence-corrected chi connectivity index (χ1v) is 6.99. The smallest absolute Gasteiger partial charge is 0.165 e. The fourth-order valence-corrected chi connectivity index (χ4v) is 3.01. The average molecular weight is 286 g/mol.